The van der Waals surface area contributed by atoms with Gasteiger partial charge in [-0.1, -0.05) is 0 Å². The minimum absolute atomic E-state index is 0.302. The normalized spacial score (nSPS) is 11.3. The molecule has 10 nitrogen and oxygen atoms in total. The van der Waals surface area contributed by atoms with E-state index in [9.17, 15) is 19.2 Å². The Morgan fingerprint density at radius 2 is 1.04 bits per heavy atom. The Kier molecular flexibility index (Phi) is 23.1. The van der Waals surface area contributed by atoms with Gasteiger partial charge in [0.05, 0.1) is 0 Å². The molecule has 0 aromatic carbocycles. The van der Waals surface area contributed by atoms with Gasteiger partial charge in [0, 0.05) is 13.8 Å². The zero-order chi connectivity index (χ0) is 21.8. The number of amides is 2. The summed E-state index contributed by atoms with van der Waals surface area (Å²) in [6.45, 7) is 2.63. The second kappa shape index (κ2) is 20.7. The SMILES string of the molecule is CSCC[C@H](NC(C)=O)C(=O)O.CSCC[C@H](NC(C)=O)C(=O)O.O=S=O. The first-order chi connectivity index (χ1) is 12.6. The number of nitrogens with one attached hydrogen (secondary N) is 2. The highest BCUT2D eigenvalue weighted by atomic mass is 32.2. The van der Waals surface area contributed by atoms with Gasteiger partial charge in [-0.3, -0.25) is 9.59 Å². The van der Waals surface area contributed by atoms with Crippen LogP contribution in [0.5, 0.6) is 0 Å². The van der Waals surface area contributed by atoms with E-state index in [2.05, 4.69) is 10.6 Å². The lowest BCUT2D eigenvalue weighted by molar-refractivity contribution is -0.142. The van der Waals surface area contributed by atoms with Crippen LogP contribution in [0.15, 0.2) is 0 Å². The van der Waals surface area contributed by atoms with Crippen molar-refractivity contribution in [1.29, 1.82) is 0 Å². The van der Waals surface area contributed by atoms with E-state index in [0.29, 0.717) is 12.8 Å². The maximum Gasteiger partial charge on any atom is 0.335 e. The number of carbonyl (C=O) groups is 4. The lowest BCUT2D eigenvalue weighted by Gasteiger charge is -2.11. The van der Waals surface area contributed by atoms with E-state index >= 15 is 0 Å². The van der Waals surface area contributed by atoms with E-state index in [1.165, 1.54) is 13.8 Å². The summed E-state index contributed by atoms with van der Waals surface area (Å²) in [7, 11) is 0. The molecule has 0 spiro atoms. The van der Waals surface area contributed by atoms with Crippen LogP contribution in [0, 0.1) is 0 Å². The fourth-order valence-corrected chi connectivity index (χ4v) is 2.42. The van der Waals surface area contributed by atoms with Gasteiger partial charge >= 0.3 is 23.5 Å². The van der Waals surface area contributed by atoms with Crippen LogP contribution in [0.25, 0.3) is 0 Å². The predicted octanol–water partition coefficient (Wildman–Crippen LogP) is -0.0126. The number of carboxylic acid groups (broad SMARTS) is 2. The summed E-state index contributed by atoms with van der Waals surface area (Å²) >= 11 is 2.37. The molecule has 27 heavy (non-hydrogen) atoms. The van der Waals surface area contributed by atoms with Gasteiger partial charge in [0.25, 0.3) is 0 Å². The van der Waals surface area contributed by atoms with Gasteiger partial charge in [-0.15, -0.1) is 0 Å². The Hall–Kier alpha value is -1.60. The zero-order valence-corrected chi connectivity index (χ0v) is 18.0. The quantitative estimate of drug-likeness (QED) is 0.358. The number of hydrogen-bond acceptors (Lipinski definition) is 8. The molecule has 0 aromatic heterocycles. The number of aliphatic carboxylic acids is 2. The van der Waals surface area contributed by atoms with E-state index in [1.54, 1.807) is 23.5 Å². The molecular weight excluding hydrogens is 420 g/mol. The summed E-state index contributed by atoms with van der Waals surface area (Å²) in [5, 5.41) is 22.0. The molecule has 0 aliphatic rings. The van der Waals surface area contributed by atoms with Crippen LogP contribution in [-0.2, 0) is 30.7 Å². The van der Waals surface area contributed by atoms with Crippen molar-refractivity contribution in [2.45, 2.75) is 38.8 Å². The number of thioether (sulfide) groups is 2. The smallest absolute Gasteiger partial charge is 0.335 e. The molecule has 0 heterocycles. The molecule has 0 unspecified atom stereocenters. The highest BCUT2D eigenvalue weighted by Crippen LogP contribution is 2.01. The second-order valence-corrected chi connectivity index (χ2v) is 6.92. The molecule has 0 rings (SSSR count). The van der Waals surface area contributed by atoms with Crippen LogP contribution in [0.3, 0.4) is 0 Å². The molecule has 0 saturated carbocycles. The molecule has 0 aliphatic carbocycles. The predicted molar refractivity (Wildman–Crippen MR) is 105 cm³/mol. The van der Waals surface area contributed by atoms with Crippen molar-refractivity contribution in [3.05, 3.63) is 0 Å². The topological polar surface area (TPSA) is 167 Å². The molecule has 0 aromatic rings. The fourth-order valence-electron chi connectivity index (χ4n) is 1.48. The Bertz CT molecular complexity index is 461. The maximum absolute atomic E-state index is 10.5. The summed E-state index contributed by atoms with van der Waals surface area (Å²) in [5.41, 5.74) is 0. The monoisotopic (exact) mass is 446 g/mol. The van der Waals surface area contributed by atoms with Crippen molar-refractivity contribution < 1.29 is 37.8 Å². The minimum Gasteiger partial charge on any atom is -0.480 e. The summed E-state index contributed by atoms with van der Waals surface area (Å²) in [5.74, 6) is -1.08. The highest BCUT2D eigenvalue weighted by Gasteiger charge is 2.17. The summed E-state index contributed by atoms with van der Waals surface area (Å²) in [4.78, 5) is 42.1. The van der Waals surface area contributed by atoms with E-state index in [0.717, 1.165) is 11.5 Å². The van der Waals surface area contributed by atoms with E-state index in [1.807, 2.05) is 12.5 Å². The standard InChI is InChI=1S/2C7H13NO3S.O2S/c2*1-5(9)8-6(7(10)11)3-4-12-2;1-3-2/h2*6H,3-4H2,1-2H3,(H,8,9)(H,10,11);/t2*6-;/m00./s1. The van der Waals surface area contributed by atoms with Crippen LogP contribution in [0.1, 0.15) is 26.7 Å². The lowest BCUT2D eigenvalue weighted by Crippen LogP contribution is -2.39. The van der Waals surface area contributed by atoms with Crippen molar-refractivity contribution in [1.82, 2.24) is 10.6 Å². The van der Waals surface area contributed by atoms with E-state index in [4.69, 9.17) is 18.6 Å². The van der Waals surface area contributed by atoms with E-state index < -0.39 is 35.6 Å². The number of hydrogen-bond donors (Lipinski definition) is 4. The average molecular weight is 447 g/mol. The number of carboxylic acids is 2. The van der Waals surface area contributed by atoms with Crippen LogP contribution in [0.4, 0.5) is 0 Å². The Labute approximate surface area is 170 Å². The molecule has 0 fully saturated rings. The van der Waals surface area contributed by atoms with Crippen molar-refractivity contribution in [3.8, 4) is 0 Å². The first-order valence-electron chi connectivity index (χ1n) is 7.46. The second-order valence-electron chi connectivity index (χ2n) is 4.81. The summed E-state index contributed by atoms with van der Waals surface area (Å²) < 4.78 is 16.6. The van der Waals surface area contributed by atoms with Crippen LogP contribution < -0.4 is 10.6 Å². The third kappa shape index (κ3) is 24.4. The van der Waals surface area contributed by atoms with Gasteiger partial charge in [0.15, 0.2) is 0 Å². The van der Waals surface area contributed by atoms with Gasteiger partial charge in [-0.05, 0) is 36.9 Å². The van der Waals surface area contributed by atoms with Crippen molar-refractivity contribution >= 4 is 58.8 Å². The number of carbonyl (C=O) groups excluding carboxylic acids is 2. The van der Waals surface area contributed by atoms with Gasteiger partial charge in [-0.2, -0.15) is 31.9 Å². The summed E-state index contributed by atoms with van der Waals surface area (Å²) in [6.07, 6.45) is 4.73. The molecule has 13 heteroatoms. The van der Waals surface area contributed by atoms with Crippen molar-refractivity contribution in [2.24, 2.45) is 0 Å². The van der Waals surface area contributed by atoms with Gasteiger partial charge in [-0.25, -0.2) is 9.59 Å². The minimum atomic E-state index is -0.973. The molecule has 2 amide bonds. The fraction of sp³-hybridized carbons (Fsp3) is 0.714. The molecular formula is C14H26N2O8S3. The molecule has 4 N–H and O–H groups in total. The maximum atomic E-state index is 10.5. The highest BCUT2D eigenvalue weighted by molar-refractivity contribution is 7.98. The van der Waals surface area contributed by atoms with Gasteiger partial charge < -0.3 is 20.8 Å². The zero-order valence-electron chi connectivity index (χ0n) is 15.6. The van der Waals surface area contributed by atoms with Crippen molar-refractivity contribution in [2.75, 3.05) is 24.0 Å². The van der Waals surface area contributed by atoms with E-state index in [-0.39, 0.29) is 11.8 Å². The third-order valence-corrected chi connectivity index (χ3v) is 3.86. The molecule has 158 valence electrons. The Balaban J connectivity index is -0.000000372. The van der Waals surface area contributed by atoms with Crippen LogP contribution in [-0.4, -0.2) is 78.5 Å². The molecule has 0 bridgehead atoms. The number of rotatable bonds is 10. The van der Waals surface area contributed by atoms with Crippen LogP contribution >= 0.6 is 23.5 Å². The Morgan fingerprint density at radius 1 is 0.778 bits per heavy atom. The van der Waals surface area contributed by atoms with Crippen molar-refractivity contribution in [3.63, 3.8) is 0 Å². The third-order valence-electron chi connectivity index (χ3n) is 2.57. The first-order valence-corrected chi connectivity index (χ1v) is 10.9. The lowest BCUT2D eigenvalue weighted by atomic mass is 10.2. The Morgan fingerprint density at radius 3 is 1.19 bits per heavy atom. The molecule has 0 saturated heterocycles. The molecule has 2 atom stereocenters. The van der Waals surface area contributed by atoms with Gasteiger partial charge in [0.2, 0.25) is 11.8 Å². The molecule has 0 radical (unpaired) electrons. The summed E-state index contributed by atoms with van der Waals surface area (Å²) in [6, 6.07) is -1.48. The van der Waals surface area contributed by atoms with Crippen LogP contribution in [0.2, 0.25) is 0 Å². The van der Waals surface area contributed by atoms with Gasteiger partial charge in [0.1, 0.15) is 12.1 Å². The average Bonchev–Trinajstić information content (AvgIpc) is 2.55. The first kappa shape index (κ1) is 30.1. The largest absolute Gasteiger partial charge is 0.480 e. The molecule has 0 aliphatic heterocycles.